The number of hydrogen-bond donors (Lipinski definition) is 0. The summed E-state index contributed by atoms with van der Waals surface area (Å²) in [6.07, 6.45) is 1.24. The summed E-state index contributed by atoms with van der Waals surface area (Å²) in [4.78, 5) is 0. The molecule has 2 rings (SSSR count). The first-order valence-corrected chi connectivity index (χ1v) is 12.6. The zero-order valence-electron chi connectivity index (χ0n) is 18.3. The van der Waals surface area contributed by atoms with E-state index >= 15 is 0 Å². The number of rotatable bonds is 3. The lowest BCUT2D eigenvalue weighted by molar-refractivity contribution is 0.317. The first kappa shape index (κ1) is 20.3. The van der Waals surface area contributed by atoms with Crippen LogP contribution in [0.5, 0.6) is 5.75 Å². The topological polar surface area (TPSA) is 9.23 Å². The molecular weight excluding hydrogens is 320 g/mol. The van der Waals surface area contributed by atoms with Gasteiger partial charge in [-0.15, -0.1) is 0 Å². The summed E-state index contributed by atoms with van der Waals surface area (Å²) in [6.45, 7) is 23.7. The molecule has 1 aliphatic rings. The van der Waals surface area contributed by atoms with Crippen molar-refractivity contribution in [2.45, 2.75) is 80.3 Å². The molecule has 1 aromatic carbocycles. The molecule has 0 radical (unpaired) electrons. The van der Waals surface area contributed by atoms with E-state index in [1.165, 1.54) is 22.7 Å². The Kier molecular flexibility index (Phi) is 5.11. The maximum absolute atomic E-state index is 6.03. The van der Waals surface area contributed by atoms with Crippen LogP contribution in [0.3, 0.4) is 0 Å². The van der Waals surface area contributed by atoms with E-state index in [1.54, 1.807) is 10.8 Å². The molecule has 0 amide bonds. The molecule has 0 bridgehead atoms. The van der Waals surface area contributed by atoms with Gasteiger partial charge in [0.1, 0.15) is 13.8 Å². The number of benzene rings is 1. The predicted molar refractivity (Wildman–Crippen MR) is 114 cm³/mol. The molecule has 0 heterocycles. The van der Waals surface area contributed by atoms with Crippen LogP contribution in [-0.4, -0.2) is 15.2 Å². The van der Waals surface area contributed by atoms with Gasteiger partial charge in [-0.3, -0.25) is 0 Å². The lowest BCUT2D eigenvalue weighted by atomic mass is 9.79. The number of methoxy groups -OCH3 is 1. The molecule has 0 spiro atoms. The summed E-state index contributed by atoms with van der Waals surface area (Å²) in [5.74, 6) is 1.85. The molecule has 1 atom stereocenters. The van der Waals surface area contributed by atoms with E-state index in [1.807, 2.05) is 7.11 Å². The molecule has 140 valence electrons. The van der Waals surface area contributed by atoms with Crippen LogP contribution in [0.2, 0.25) is 13.1 Å². The lowest BCUT2D eigenvalue weighted by Crippen LogP contribution is -2.45. The van der Waals surface area contributed by atoms with Crippen LogP contribution in [0.15, 0.2) is 22.9 Å². The molecule has 0 saturated heterocycles. The maximum Gasteiger partial charge on any atom is 0.122 e. The first-order valence-electron chi connectivity index (χ1n) is 9.64. The fourth-order valence-electron chi connectivity index (χ4n) is 4.37. The van der Waals surface area contributed by atoms with Crippen molar-refractivity contribution in [2.24, 2.45) is 11.3 Å². The minimum atomic E-state index is -1.79. The molecular formula is C23H38OSi. The van der Waals surface area contributed by atoms with Crippen molar-refractivity contribution in [3.8, 4) is 5.75 Å². The van der Waals surface area contributed by atoms with Gasteiger partial charge >= 0.3 is 0 Å². The Bertz CT molecular complexity index is 702. The molecule has 0 fully saturated rings. The summed E-state index contributed by atoms with van der Waals surface area (Å²) < 4.78 is 6.03. The van der Waals surface area contributed by atoms with Gasteiger partial charge < -0.3 is 4.74 Å². The van der Waals surface area contributed by atoms with Gasteiger partial charge in [0, 0.05) is 0 Å². The quantitative estimate of drug-likeness (QED) is 0.590. The monoisotopic (exact) mass is 358 g/mol. The second kappa shape index (κ2) is 6.30. The highest BCUT2D eigenvalue weighted by molar-refractivity contribution is 6.96. The van der Waals surface area contributed by atoms with Crippen LogP contribution in [-0.2, 0) is 5.41 Å². The fraction of sp³-hybridized carbons (Fsp3) is 0.652. The van der Waals surface area contributed by atoms with E-state index < -0.39 is 8.07 Å². The van der Waals surface area contributed by atoms with Crippen molar-refractivity contribution in [3.05, 3.63) is 34.0 Å². The Morgan fingerprint density at radius 2 is 1.68 bits per heavy atom. The molecule has 25 heavy (non-hydrogen) atoms. The van der Waals surface area contributed by atoms with Crippen molar-refractivity contribution >= 4 is 13.3 Å². The second-order valence-electron chi connectivity index (χ2n) is 10.2. The van der Waals surface area contributed by atoms with E-state index in [0.29, 0.717) is 11.3 Å². The van der Waals surface area contributed by atoms with Gasteiger partial charge in [0.2, 0.25) is 0 Å². The van der Waals surface area contributed by atoms with Gasteiger partial charge in [-0.2, -0.15) is 0 Å². The average Bonchev–Trinajstić information content (AvgIpc) is 2.69. The lowest BCUT2D eigenvalue weighted by Gasteiger charge is -2.32. The number of allylic oxidation sites excluding steroid dienone is 2. The normalized spacial score (nSPS) is 21.0. The molecule has 1 aromatic rings. The number of hydrogen-bond acceptors (Lipinski definition) is 1. The molecule has 1 nitrogen and oxygen atoms in total. The Morgan fingerprint density at radius 3 is 2.08 bits per heavy atom. The highest BCUT2D eigenvalue weighted by Gasteiger charge is 2.44. The van der Waals surface area contributed by atoms with Crippen LogP contribution in [0, 0.1) is 18.3 Å². The van der Waals surface area contributed by atoms with Crippen molar-refractivity contribution in [1.82, 2.24) is 0 Å². The standard InChI is InChI=1S/C23H38OSi/c1-15-12-18(22(4,5)6)21(24-9)20(13-15)25(10,11)19-14-16(2)23(7,8)17(19)3/h12-13,16H,14H2,1-11H3. The summed E-state index contributed by atoms with van der Waals surface area (Å²) in [5, 5.41) is 3.20. The Morgan fingerprint density at radius 1 is 1.12 bits per heavy atom. The van der Waals surface area contributed by atoms with Gasteiger partial charge in [0.05, 0.1) is 7.11 Å². The highest BCUT2D eigenvalue weighted by atomic mass is 28.3. The van der Waals surface area contributed by atoms with Crippen LogP contribution in [0.4, 0.5) is 0 Å². The maximum atomic E-state index is 6.03. The zero-order valence-corrected chi connectivity index (χ0v) is 19.3. The van der Waals surface area contributed by atoms with Gasteiger partial charge in [-0.05, 0) is 47.8 Å². The van der Waals surface area contributed by atoms with Crippen molar-refractivity contribution in [3.63, 3.8) is 0 Å². The average molecular weight is 359 g/mol. The van der Waals surface area contributed by atoms with Crippen molar-refractivity contribution < 1.29 is 4.74 Å². The minimum absolute atomic E-state index is 0.0856. The van der Waals surface area contributed by atoms with Crippen LogP contribution >= 0.6 is 0 Å². The van der Waals surface area contributed by atoms with Gasteiger partial charge in [0.15, 0.2) is 0 Å². The van der Waals surface area contributed by atoms with E-state index in [0.717, 1.165) is 5.75 Å². The molecule has 1 unspecified atom stereocenters. The highest BCUT2D eigenvalue weighted by Crippen LogP contribution is 2.49. The Balaban J connectivity index is 2.73. The SMILES string of the molecule is COc1c(C(C)(C)C)cc(C)cc1[Si](C)(C)C1=C(C)C(C)(C)C(C)C1. The Labute approximate surface area is 156 Å². The third-order valence-corrected chi connectivity index (χ3v) is 10.6. The zero-order chi connectivity index (χ0) is 19.4. The van der Waals surface area contributed by atoms with Crippen LogP contribution in [0.1, 0.15) is 66.0 Å². The van der Waals surface area contributed by atoms with Gasteiger partial charge in [-0.1, -0.05) is 83.1 Å². The van der Waals surface area contributed by atoms with Crippen molar-refractivity contribution in [1.29, 1.82) is 0 Å². The molecule has 0 saturated carbocycles. The third-order valence-electron chi connectivity index (χ3n) is 6.83. The van der Waals surface area contributed by atoms with Crippen LogP contribution in [0.25, 0.3) is 0 Å². The predicted octanol–water partition coefficient (Wildman–Crippen LogP) is 6.14. The van der Waals surface area contributed by atoms with Gasteiger partial charge in [0.25, 0.3) is 0 Å². The third kappa shape index (κ3) is 3.35. The van der Waals surface area contributed by atoms with Gasteiger partial charge in [-0.25, -0.2) is 0 Å². The van der Waals surface area contributed by atoms with E-state index in [2.05, 4.69) is 80.6 Å². The minimum Gasteiger partial charge on any atom is -0.497 e. The van der Waals surface area contributed by atoms with Crippen LogP contribution < -0.4 is 9.92 Å². The molecule has 0 aliphatic heterocycles. The summed E-state index contributed by atoms with van der Waals surface area (Å²) in [5.41, 5.74) is 4.71. The largest absolute Gasteiger partial charge is 0.497 e. The number of ether oxygens (including phenoxy) is 1. The summed E-state index contributed by atoms with van der Waals surface area (Å²) in [7, 11) is 0.0510. The molecule has 0 aromatic heterocycles. The van der Waals surface area contributed by atoms with E-state index in [9.17, 15) is 0 Å². The van der Waals surface area contributed by atoms with E-state index in [4.69, 9.17) is 4.74 Å². The fourth-order valence-corrected chi connectivity index (χ4v) is 8.17. The van der Waals surface area contributed by atoms with E-state index in [-0.39, 0.29) is 5.41 Å². The van der Waals surface area contributed by atoms with Crippen molar-refractivity contribution in [2.75, 3.05) is 7.11 Å². The summed E-state index contributed by atoms with van der Waals surface area (Å²) >= 11 is 0. The molecule has 2 heteroatoms. The molecule has 0 N–H and O–H groups in total. The first-order chi connectivity index (χ1) is 11.2. The Hall–Kier alpha value is -1.02. The molecule has 1 aliphatic carbocycles. The second-order valence-corrected chi connectivity index (χ2v) is 14.6. The smallest absolute Gasteiger partial charge is 0.122 e. The summed E-state index contributed by atoms with van der Waals surface area (Å²) in [6, 6.07) is 4.71. The number of aryl methyl sites for hydroxylation is 1.